The minimum Gasteiger partial charge on any atom is -0.381 e. The van der Waals surface area contributed by atoms with Gasteiger partial charge in [-0.3, -0.25) is 4.79 Å². The Balaban J connectivity index is 1.67. The number of carbonyl (C=O) groups is 1. The third-order valence-electron chi connectivity index (χ3n) is 3.77. The summed E-state index contributed by atoms with van der Waals surface area (Å²) in [6.07, 6.45) is 4.22. The third kappa shape index (κ3) is 4.44. The summed E-state index contributed by atoms with van der Waals surface area (Å²) in [6, 6.07) is 0. The number of hydrogen-bond donors (Lipinski definition) is 2. The van der Waals surface area contributed by atoms with Gasteiger partial charge in [0, 0.05) is 24.0 Å². The summed E-state index contributed by atoms with van der Waals surface area (Å²) in [7, 11) is 0. The molecule has 0 aromatic rings. The van der Waals surface area contributed by atoms with Gasteiger partial charge in [0.05, 0.1) is 5.75 Å². The molecule has 2 N–H and O–H groups in total. The van der Waals surface area contributed by atoms with Gasteiger partial charge in [-0.15, -0.1) is 11.8 Å². The number of thioether (sulfide) groups is 1. The Morgan fingerprint density at radius 3 is 2.72 bits per heavy atom. The maximum absolute atomic E-state index is 12.0. The van der Waals surface area contributed by atoms with Crippen molar-refractivity contribution >= 4 is 17.7 Å². The van der Waals surface area contributed by atoms with Crippen molar-refractivity contribution in [3.05, 3.63) is 0 Å². The Morgan fingerprint density at radius 2 is 2.06 bits per heavy atom. The predicted molar refractivity (Wildman–Crippen MR) is 75.0 cm³/mol. The van der Waals surface area contributed by atoms with Crippen molar-refractivity contribution in [3.63, 3.8) is 0 Å². The third-order valence-corrected chi connectivity index (χ3v) is 5.15. The number of piperidine rings is 1. The highest BCUT2D eigenvalue weighted by molar-refractivity contribution is 8.00. The molecule has 0 aromatic heterocycles. The summed E-state index contributed by atoms with van der Waals surface area (Å²) in [5.41, 5.74) is -0.0516. The molecule has 2 saturated heterocycles. The van der Waals surface area contributed by atoms with Gasteiger partial charge in [0.2, 0.25) is 5.91 Å². The van der Waals surface area contributed by atoms with E-state index in [4.69, 9.17) is 4.74 Å². The normalized spacial score (nSPS) is 24.7. The first-order chi connectivity index (χ1) is 8.68. The van der Waals surface area contributed by atoms with E-state index < -0.39 is 0 Å². The minimum absolute atomic E-state index is 0.0516. The summed E-state index contributed by atoms with van der Waals surface area (Å²) in [4.78, 5) is 12.0. The Labute approximate surface area is 114 Å². The maximum atomic E-state index is 12.0. The minimum atomic E-state index is -0.0516. The maximum Gasteiger partial charge on any atom is 0.230 e. The zero-order chi connectivity index (χ0) is 12.8. The van der Waals surface area contributed by atoms with E-state index in [2.05, 4.69) is 17.6 Å². The van der Waals surface area contributed by atoms with Gasteiger partial charge in [-0.2, -0.15) is 0 Å². The standard InChI is InChI=1S/C13H24N2O2S/c1-13(4-8-17-9-5-13)15-12(16)10-18-11-2-6-14-7-3-11/h11,14H,2-10H2,1H3,(H,15,16). The Bertz CT molecular complexity index is 274. The van der Waals surface area contributed by atoms with Gasteiger partial charge in [0.25, 0.3) is 0 Å². The van der Waals surface area contributed by atoms with Crippen molar-refractivity contribution in [2.24, 2.45) is 0 Å². The molecule has 0 atom stereocenters. The van der Waals surface area contributed by atoms with Crippen molar-refractivity contribution in [2.45, 2.75) is 43.4 Å². The van der Waals surface area contributed by atoms with E-state index in [-0.39, 0.29) is 11.4 Å². The van der Waals surface area contributed by atoms with Crippen LogP contribution in [0.3, 0.4) is 0 Å². The van der Waals surface area contributed by atoms with Gasteiger partial charge in [0.15, 0.2) is 0 Å². The first kappa shape index (κ1) is 14.2. The molecule has 0 bridgehead atoms. The van der Waals surface area contributed by atoms with Crippen molar-refractivity contribution < 1.29 is 9.53 Å². The zero-order valence-electron chi connectivity index (χ0n) is 11.2. The summed E-state index contributed by atoms with van der Waals surface area (Å²) in [5.74, 6) is 0.782. The molecule has 2 rings (SSSR count). The van der Waals surface area contributed by atoms with Crippen LogP contribution in [0.15, 0.2) is 0 Å². The van der Waals surface area contributed by atoms with E-state index in [1.165, 1.54) is 12.8 Å². The van der Waals surface area contributed by atoms with E-state index >= 15 is 0 Å². The lowest BCUT2D eigenvalue weighted by Gasteiger charge is -2.34. The number of rotatable bonds is 4. The first-order valence-corrected chi connectivity index (χ1v) is 7.94. The van der Waals surface area contributed by atoms with Crippen molar-refractivity contribution in [1.29, 1.82) is 0 Å². The molecule has 2 fully saturated rings. The smallest absolute Gasteiger partial charge is 0.230 e. The zero-order valence-corrected chi connectivity index (χ0v) is 12.0. The quantitative estimate of drug-likeness (QED) is 0.806. The fourth-order valence-electron chi connectivity index (χ4n) is 2.48. The van der Waals surface area contributed by atoms with Crippen LogP contribution in [0.1, 0.15) is 32.6 Å². The molecule has 0 aliphatic carbocycles. The molecule has 18 heavy (non-hydrogen) atoms. The van der Waals surface area contributed by atoms with Gasteiger partial charge in [0.1, 0.15) is 0 Å². The molecule has 2 aliphatic rings. The van der Waals surface area contributed by atoms with Crippen LogP contribution in [0, 0.1) is 0 Å². The van der Waals surface area contributed by atoms with Crippen LogP contribution in [0.25, 0.3) is 0 Å². The largest absolute Gasteiger partial charge is 0.381 e. The molecule has 104 valence electrons. The fourth-order valence-corrected chi connectivity index (χ4v) is 3.50. The summed E-state index contributed by atoms with van der Waals surface area (Å²) in [5, 5.41) is 7.18. The van der Waals surface area contributed by atoms with Gasteiger partial charge < -0.3 is 15.4 Å². The van der Waals surface area contributed by atoms with Crippen LogP contribution in [0.5, 0.6) is 0 Å². The highest BCUT2D eigenvalue weighted by Crippen LogP contribution is 2.22. The van der Waals surface area contributed by atoms with E-state index in [1.54, 1.807) is 0 Å². The Hall–Kier alpha value is -0.260. The number of amides is 1. The lowest BCUT2D eigenvalue weighted by atomic mass is 9.92. The van der Waals surface area contributed by atoms with Crippen molar-refractivity contribution in [1.82, 2.24) is 10.6 Å². The molecular weight excluding hydrogens is 248 g/mol. The van der Waals surface area contributed by atoms with Crippen LogP contribution in [-0.4, -0.2) is 48.8 Å². The second-order valence-corrected chi connectivity index (χ2v) is 6.77. The predicted octanol–water partition coefficient (Wildman–Crippen LogP) is 1.16. The molecule has 0 radical (unpaired) electrons. The molecule has 4 nitrogen and oxygen atoms in total. The SMILES string of the molecule is CC1(NC(=O)CSC2CCNCC2)CCOCC1. The van der Waals surface area contributed by atoms with E-state index in [1.807, 2.05) is 11.8 Å². The Morgan fingerprint density at radius 1 is 1.39 bits per heavy atom. The van der Waals surface area contributed by atoms with E-state index in [0.29, 0.717) is 11.0 Å². The second-order valence-electron chi connectivity index (χ2n) is 5.48. The molecule has 0 unspecified atom stereocenters. The molecule has 1 amide bonds. The van der Waals surface area contributed by atoms with Crippen LogP contribution < -0.4 is 10.6 Å². The highest BCUT2D eigenvalue weighted by atomic mass is 32.2. The molecular formula is C13H24N2O2S. The molecule has 2 aliphatic heterocycles. The topological polar surface area (TPSA) is 50.4 Å². The van der Waals surface area contributed by atoms with Crippen molar-refractivity contribution in [3.8, 4) is 0 Å². The van der Waals surface area contributed by atoms with E-state index in [9.17, 15) is 4.79 Å². The van der Waals surface area contributed by atoms with E-state index in [0.717, 1.165) is 39.1 Å². The monoisotopic (exact) mass is 272 g/mol. The average Bonchev–Trinajstić information content (AvgIpc) is 2.38. The molecule has 5 heteroatoms. The number of carbonyl (C=O) groups excluding carboxylic acids is 1. The summed E-state index contributed by atoms with van der Waals surface area (Å²) in [6.45, 7) is 5.84. The van der Waals surface area contributed by atoms with Crippen LogP contribution in [-0.2, 0) is 9.53 Å². The van der Waals surface area contributed by atoms with Gasteiger partial charge in [-0.05, 0) is 45.7 Å². The van der Waals surface area contributed by atoms with Gasteiger partial charge >= 0.3 is 0 Å². The number of hydrogen-bond acceptors (Lipinski definition) is 4. The average molecular weight is 272 g/mol. The molecule has 0 spiro atoms. The highest BCUT2D eigenvalue weighted by Gasteiger charge is 2.29. The summed E-state index contributed by atoms with van der Waals surface area (Å²) < 4.78 is 5.34. The lowest BCUT2D eigenvalue weighted by Crippen LogP contribution is -2.50. The molecule has 0 aromatic carbocycles. The molecule has 0 saturated carbocycles. The Kier molecular flexibility index (Phi) is 5.33. The molecule has 2 heterocycles. The number of ether oxygens (including phenoxy) is 1. The fraction of sp³-hybridized carbons (Fsp3) is 0.923. The first-order valence-electron chi connectivity index (χ1n) is 6.89. The van der Waals surface area contributed by atoms with Gasteiger partial charge in [-0.1, -0.05) is 0 Å². The second kappa shape index (κ2) is 6.78. The van der Waals surface area contributed by atoms with Gasteiger partial charge in [-0.25, -0.2) is 0 Å². The number of nitrogens with one attached hydrogen (secondary N) is 2. The van der Waals surface area contributed by atoms with Crippen LogP contribution in [0.2, 0.25) is 0 Å². The van der Waals surface area contributed by atoms with Crippen LogP contribution in [0.4, 0.5) is 0 Å². The van der Waals surface area contributed by atoms with Crippen LogP contribution >= 0.6 is 11.8 Å². The summed E-state index contributed by atoms with van der Waals surface area (Å²) >= 11 is 1.81. The van der Waals surface area contributed by atoms with Crippen molar-refractivity contribution in [2.75, 3.05) is 32.1 Å². The lowest BCUT2D eigenvalue weighted by molar-refractivity contribution is -0.121.